The monoisotopic (exact) mass is 368 g/mol. The van der Waals surface area contributed by atoms with Gasteiger partial charge in [-0.3, -0.25) is 9.59 Å². The third-order valence-electron chi connectivity index (χ3n) is 4.40. The number of halogens is 2. The van der Waals surface area contributed by atoms with Crippen LogP contribution in [0.25, 0.3) is 10.8 Å². The topological polar surface area (TPSA) is 97.0 Å². The summed E-state index contributed by atoms with van der Waals surface area (Å²) in [6, 6.07) is 12.4. The number of hydrogen-bond donors (Lipinski definition) is 1. The summed E-state index contributed by atoms with van der Waals surface area (Å²) >= 11 is 0. The molecule has 2 aromatic carbocycles. The molecule has 0 aliphatic carbocycles. The van der Waals surface area contributed by atoms with Crippen LogP contribution in [-0.2, 0) is 4.79 Å². The first kappa shape index (κ1) is 18.3. The molecule has 2 aromatic rings. The summed E-state index contributed by atoms with van der Waals surface area (Å²) in [6.07, 6.45) is -0.705. The Morgan fingerprint density at radius 1 is 1.26 bits per heavy atom. The summed E-state index contributed by atoms with van der Waals surface area (Å²) in [6.45, 7) is -1.33. The van der Waals surface area contributed by atoms with Gasteiger partial charge in [0, 0.05) is 12.0 Å². The Kier molecular flexibility index (Phi) is 4.74. The molecule has 136 valence electrons. The van der Waals surface area contributed by atoms with Crippen molar-refractivity contribution in [1.82, 2.24) is 10.2 Å². The zero-order chi connectivity index (χ0) is 19.6. The smallest absolute Gasteiger partial charge is 0.268 e. The standard InChI is InChI=1S/C19H14F2N4O2/c20-19(21)7-14(9-23)25(11-19)17(26)10-24-18(27)15-3-1-2-13-5-4-12(8-22)6-16(13)15/h1-6,14H,7,10-11H2,(H,24,27)/t14-/m0/s1. The van der Waals surface area contributed by atoms with Crippen LogP contribution in [0, 0.1) is 22.7 Å². The third kappa shape index (κ3) is 3.70. The molecular formula is C19H14F2N4O2. The zero-order valence-electron chi connectivity index (χ0n) is 14.1. The van der Waals surface area contributed by atoms with Crippen LogP contribution in [0.3, 0.4) is 0 Å². The maximum Gasteiger partial charge on any atom is 0.268 e. The van der Waals surface area contributed by atoms with Crippen molar-refractivity contribution in [2.45, 2.75) is 18.4 Å². The molecule has 1 fully saturated rings. The van der Waals surface area contributed by atoms with Gasteiger partial charge in [-0.15, -0.1) is 0 Å². The SMILES string of the molecule is N#Cc1ccc2cccc(C(=O)NCC(=O)N3CC(F)(F)C[C@H]3C#N)c2c1. The van der Waals surface area contributed by atoms with E-state index in [2.05, 4.69) is 5.32 Å². The number of nitrogens with one attached hydrogen (secondary N) is 1. The minimum absolute atomic E-state index is 0.265. The van der Waals surface area contributed by atoms with Crippen LogP contribution in [0.1, 0.15) is 22.3 Å². The molecule has 1 N–H and O–H groups in total. The van der Waals surface area contributed by atoms with Crippen LogP contribution >= 0.6 is 0 Å². The molecule has 0 saturated carbocycles. The fraction of sp³-hybridized carbons (Fsp3) is 0.263. The van der Waals surface area contributed by atoms with Crippen LogP contribution in [0.4, 0.5) is 8.78 Å². The van der Waals surface area contributed by atoms with Gasteiger partial charge in [-0.25, -0.2) is 8.78 Å². The van der Waals surface area contributed by atoms with Gasteiger partial charge in [0.05, 0.1) is 30.8 Å². The van der Waals surface area contributed by atoms with Gasteiger partial charge in [0.15, 0.2) is 0 Å². The minimum atomic E-state index is -3.11. The first-order valence-electron chi connectivity index (χ1n) is 8.12. The Bertz CT molecular complexity index is 1010. The number of benzene rings is 2. The molecular weight excluding hydrogens is 354 g/mol. The lowest BCUT2D eigenvalue weighted by molar-refractivity contribution is -0.131. The normalized spacial score (nSPS) is 17.9. The van der Waals surface area contributed by atoms with E-state index in [-0.39, 0.29) is 5.56 Å². The van der Waals surface area contributed by atoms with E-state index in [9.17, 15) is 18.4 Å². The Labute approximate surface area is 153 Å². The lowest BCUT2D eigenvalue weighted by Crippen LogP contribution is -2.43. The Morgan fingerprint density at radius 2 is 2.04 bits per heavy atom. The highest BCUT2D eigenvalue weighted by Crippen LogP contribution is 2.31. The number of hydrogen-bond acceptors (Lipinski definition) is 4. The molecule has 6 nitrogen and oxygen atoms in total. The predicted octanol–water partition coefficient (Wildman–Crippen LogP) is 2.20. The summed E-state index contributed by atoms with van der Waals surface area (Å²) < 4.78 is 26.9. The number of nitriles is 2. The van der Waals surface area contributed by atoms with Gasteiger partial charge in [0.1, 0.15) is 6.04 Å². The van der Waals surface area contributed by atoms with E-state index in [0.717, 1.165) is 10.3 Å². The average Bonchev–Trinajstić information content (AvgIpc) is 2.99. The molecule has 1 aliphatic rings. The quantitative estimate of drug-likeness (QED) is 0.898. The second-order valence-electron chi connectivity index (χ2n) is 6.26. The Balaban J connectivity index is 1.75. The largest absolute Gasteiger partial charge is 0.343 e. The van der Waals surface area contributed by atoms with Crippen LogP contribution in [0.5, 0.6) is 0 Å². The summed E-state index contributed by atoms with van der Waals surface area (Å²) in [7, 11) is 0. The molecule has 2 amide bonds. The third-order valence-corrected chi connectivity index (χ3v) is 4.40. The molecule has 1 heterocycles. The first-order valence-corrected chi connectivity index (χ1v) is 8.12. The molecule has 0 unspecified atom stereocenters. The van der Waals surface area contributed by atoms with Gasteiger partial charge in [0.2, 0.25) is 5.91 Å². The Morgan fingerprint density at radius 3 is 2.74 bits per heavy atom. The van der Waals surface area contributed by atoms with Crippen molar-refractivity contribution in [3.63, 3.8) is 0 Å². The van der Waals surface area contributed by atoms with Crippen LogP contribution < -0.4 is 5.32 Å². The summed E-state index contributed by atoms with van der Waals surface area (Å²) in [5, 5.41) is 21.7. The number of likely N-dealkylation sites (tertiary alicyclic amines) is 1. The second kappa shape index (κ2) is 7.00. The van der Waals surface area contributed by atoms with Crippen molar-refractivity contribution >= 4 is 22.6 Å². The fourth-order valence-electron chi connectivity index (χ4n) is 3.09. The van der Waals surface area contributed by atoms with Gasteiger partial charge in [0.25, 0.3) is 11.8 Å². The second-order valence-corrected chi connectivity index (χ2v) is 6.26. The Hall–Kier alpha value is -3.52. The van der Waals surface area contributed by atoms with Gasteiger partial charge in [-0.05, 0) is 29.0 Å². The van der Waals surface area contributed by atoms with E-state index >= 15 is 0 Å². The number of alkyl halides is 2. The molecule has 1 atom stereocenters. The van der Waals surface area contributed by atoms with Crippen LogP contribution in [0.2, 0.25) is 0 Å². The van der Waals surface area contributed by atoms with Crippen LogP contribution in [-0.4, -0.2) is 41.8 Å². The van der Waals surface area contributed by atoms with Crippen molar-refractivity contribution in [2.24, 2.45) is 0 Å². The molecule has 0 aromatic heterocycles. The van der Waals surface area contributed by atoms with E-state index < -0.39 is 43.3 Å². The lowest BCUT2D eigenvalue weighted by atomic mass is 10.0. The molecule has 0 radical (unpaired) electrons. The first-order chi connectivity index (χ1) is 12.8. The number of carbonyl (C=O) groups excluding carboxylic acids is 2. The van der Waals surface area contributed by atoms with E-state index in [4.69, 9.17) is 10.5 Å². The molecule has 8 heteroatoms. The average molecular weight is 368 g/mol. The van der Waals surface area contributed by atoms with Crippen LogP contribution in [0.15, 0.2) is 36.4 Å². The fourth-order valence-corrected chi connectivity index (χ4v) is 3.09. The molecule has 0 spiro atoms. The number of rotatable bonds is 3. The van der Waals surface area contributed by atoms with Crippen molar-refractivity contribution in [1.29, 1.82) is 10.5 Å². The summed E-state index contributed by atoms with van der Waals surface area (Å²) in [5.74, 6) is -4.42. The van der Waals surface area contributed by atoms with E-state index in [0.29, 0.717) is 10.9 Å². The lowest BCUT2D eigenvalue weighted by Gasteiger charge is -2.19. The van der Waals surface area contributed by atoms with Gasteiger partial charge in [-0.1, -0.05) is 18.2 Å². The van der Waals surface area contributed by atoms with Crippen molar-refractivity contribution in [3.05, 3.63) is 47.5 Å². The van der Waals surface area contributed by atoms with E-state index in [1.54, 1.807) is 42.5 Å². The number of amides is 2. The van der Waals surface area contributed by atoms with Crippen molar-refractivity contribution in [3.8, 4) is 12.1 Å². The maximum absolute atomic E-state index is 13.4. The zero-order valence-corrected chi connectivity index (χ0v) is 14.1. The highest BCUT2D eigenvalue weighted by atomic mass is 19.3. The van der Waals surface area contributed by atoms with Crippen molar-refractivity contribution < 1.29 is 18.4 Å². The van der Waals surface area contributed by atoms with Crippen molar-refractivity contribution in [2.75, 3.05) is 13.1 Å². The highest BCUT2D eigenvalue weighted by Gasteiger charge is 2.47. The summed E-state index contributed by atoms with van der Waals surface area (Å²) in [5.41, 5.74) is 0.649. The summed E-state index contributed by atoms with van der Waals surface area (Å²) in [4.78, 5) is 25.5. The van der Waals surface area contributed by atoms with E-state index in [1.165, 1.54) is 0 Å². The molecule has 0 bridgehead atoms. The number of carbonyl (C=O) groups is 2. The molecule has 1 saturated heterocycles. The number of nitrogens with zero attached hydrogens (tertiary/aromatic N) is 3. The van der Waals surface area contributed by atoms with Gasteiger partial charge >= 0.3 is 0 Å². The molecule has 3 rings (SSSR count). The molecule has 27 heavy (non-hydrogen) atoms. The number of fused-ring (bicyclic) bond motifs is 1. The maximum atomic E-state index is 13.4. The highest BCUT2D eigenvalue weighted by molar-refractivity contribution is 6.08. The predicted molar refractivity (Wildman–Crippen MR) is 91.7 cm³/mol. The minimum Gasteiger partial charge on any atom is -0.343 e. The molecule has 1 aliphatic heterocycles. The van der Waals surface area contributed by atoms with E-state index in [1.807, 2.05) is 6.07 Å². The van der Waals surface area contributed by atoms with Gasteiger partial charge in [-0.2, -0.15) is 10.5 Å². The van der Waals surface area contributed by atoms with Gasteiger partial charge < -0.3 is 10.2 Å².